The fraction of sp³-hybridized carbons (Fsp3) is 0.643. The lowest BCUT2D eigenvalue weighted by Crippen LogP contribution is -2.29. The molecule has 96 valence electrons. The van der Waals surface area contributed by atoms with Gasteiger partial charge >= 0.3 is 0 Å². The number of aryl methyl sites for hydroxylation is 1. The van der Waals surface area contributed by atoms with Crippen molar-refractivity contribution in [1.29, 1.82) is 0 Å². The molecule has 0 aliphatic rings. The van der Waals surface area contributed by atoms with Gasteiger partial charge in [-0.3, -0.25) is 4.98 Å². The molecule has 17 heavy (non-hydrogen) atoms. The number of nitrogens with one attached hydrogen (secondary N) is 1. The van der Waals surface area contributed by atoms with Gasteiger partial charge in [-0.15, -0.1) is 0 Å². The quantitative estimate of drug-likeness (QED) is 0.734. The van der Waals surface area contributed by atoms with Crippen LogP contribution in [0.1, 0.15) is 31.4 Å². The third-order valence-electron chi connectivity index (χ3n) is 3.01. The van der Waals surface area contributed by atoms with E-state index in [1.165, 1.54) is 17.5 Å². The molecule has 3 heteroatoms. The molecule has 0 aliphatic carbocycles. The predicted molar refractivity (Wildman–Crippen MR) is 73.1 cm³/mol. The van der Waals surface area contributed by atoms with Gasteiger partial charge in [-0.1, -0.05) is 6.07 Å². The van der Waals surface area contributed by atoms with E-state index in [4.69, 9.17) is 0 Å². The Morgan fingerprint density at radius 1 is 1.35 bits per heavy atom. The number of rotatable bonds is 7. The highest BCUT2D eigenvalue weighted by molar-refractivity contribution is 5.16. The lowest BCUT2D eigenvalue weighted by molar-refractivity contribution is 0.269. The number of hydrogen-bond donors (Lipinski definition) is 1. The van der Waals surface area contributed by atoms with Crippen molar-refractivity contribution < 1.29 is 0 Å². The summed E-state index contributed by atoms with van der Waals surface area (Å²) in [6, 6.07) is 2.82. The Bertz CT molecular complexity index is 323. The summed E-state index contributed by atoms with van der Waals surface area (Å²) in [5.74, 6) is 0. The van der Waals surface area contributed by atoms with E-state index < -0.39 is 0 Å². The maximum Gasteiger partial charge on any atom is 0.0313 e. The molecular weight excluding hydrogens is 210 g/mol. The van der Waals surface area contributed by atoms with E-state index in [9.17, 15) is 0 Å². The Morgan fingerprint density at radius 2 is 2.12 bits per heavy atom. The summed E-state index contributed by atoms with van der Waals surface area (Å²) >= 11 is 0. The van der Waals surface area contributed by atoms with Crippen LogP contribution in [0.3, 0.4) is 0 Å². The van der Waals surface area contributed by atoms with E-state index in [2.05, 4.69) is 49.1 Å². The Hall–Kier alpha value is -0.930. The van der Waals surface area contributed by atoms with Crippen molar-refractivity contribution in [2.45, 2.75) is 39.8 Å². The molecule has 0 unspecified atom stereocenters. The van der Waals surface area contributed by atoms with Gasteiger partial charge in [0.2, 0.25) is 0 Å². The van der Waals surface area contributed by atoms with Gasteiger partial charge in [0.15, 0.2) is 0 Å². The Balaban J connectivity index is 2.12. The van der Waals surface area contributed by atoms with Gasteiger partial charge in [-0.05, 0) is 58.5 Å². The summed E-state index contributed by atoms with van der Waals surface area (Å²) in [6.07, 6.45) is 5.01. The van der Waals surface area contributed by atoms with Crippen molar-refractivity contribution in [2.75, 3.05) is 20.1 Å². The summed E-state index contributed by atoms with van der Waals surface area (Å²) in [6.45, 7) is 9.66. The van der Waals surface area contributed by atoms with Gasteiger partial charge in [0, 0.05) is 25.0 Å². The zero-order valence-corrected chi connectivity index (χ0v) is 11.5. The van der Waals surface area contributed by atoms with Crippen LogP contribution in [0.25, 0.3) is 0 Å². The van der Waals surface area contributed by atoms with Crippen molar-refractivity contribution in [3.63, 3.8) is 0 Å². The van der Waals surface area contributed by atoms with Crippen LogP contribution in [0.15, 0.2) is 18.5 Å². The Kier molecular flexibility index (Phi) is 6.16. The zero-order valence-electron chi connectivity index (χ0n) is 11.5. The van der Waals surface area contributed by atoms with E-state index >= 15 is 0 Å². The first-order valence-electron chi connectivity index (χ1n) is 6.41. The van der Waals surface area contributed by atoms with E-state index in [1.807, 2.05) is 12.4 Å². The molecule has 0 saturated carbocycles. The van der Waals surface area contributed by atoms with Crippen LogP contribution in [-0.2, 0) is 6.54 Å². The molecule has 0 radical (unpaired) electrons. The molecule has 3 nitrogen and oxygen atoms in total. The molecule has 1 heterocycles. The van der Waals surface area contributed by atoms with Gasteiger partial charge in [0.1, 0.15) is 0 Å². The maximum atomic E-state index is 4.19. The number of nitrogens with zero attached hydrogens (tertiary/aromatic N) is 2. The van der Waals surface area contributed by atoms with Crippen molar-refractivity contribution in [3.8, 4) is 0 Å². The summed E-state index contributed by atoms with van der Waals surface area (Å²) < 4.78 is 0. The lowest BCUT2D eigenvalue weighted by atomic mass is 10.2. The average molecular weight is 235 g/mol. The SMILES string of the molecule is Cc1cncc(CNCCCN(C)C(C)C)c1. The van der Waals surface area contributed by atoms with Crippen LogP contribution >= 0.6 is 0 Å². The van der Waals surface area contributed by atoms with Crippen LogP contribution in [0.4, 0.5) is 0 Å². The molecule has 0 saturated heterocycles. The second-order valence-electron chi connectivity index (χ2n) is 4.98. The fourth-order valence-corrected chi connectivity index (χ4v) is 1.66. The van der Waals surface area contributed by atoms with Gasteiger partial charge in [0.25, 0.3) is 0 Å². The normalized spacial score (nSPS) is 11.4. The van der Waals surface area contributed by atoms with Gasteiger partial charge < -0.3 is 10.2 Å². The molecule has 1 N–H and O–H groups in total. The van der Waals surface area contributed by atoms with Crippen LogP contribution < -0.4 is 5.32 Å². The largest absolute Gasteiger partial charge is 0.313 e. The molecule has 0 atom stereocenters. The van der Waals surface area contributed by atoms with E-state index in [1.54, 1.807) is 0 Å². The third kappa shape index (κ3) is 5.80. The molecule has 1 aromatic heterocycles. The fourth-order valence-electron chi connectivity index (χ4n) is 1.66. The minimum atomic E-state index is 0.635. The van der Waals surface area contributed by atoms with Crippen LogP contribution in [0.2, 0.25) is 0 Å². The molecule has 0 bridgehead atoms. The highest BCUT2D eigenvalue weighted by Crippen LogP contribution is 2.00. The first kappa shape index (κ1) is 14.1. The van der Waals surface area contributed by atoms with Crippen molar-refractivity contribution in [1.82, 2.24) is 15.2 Å². The van der Waals surface area contributed by atoms with Crippen molar-refractivity contribution >= 4 is 0 Å². The molecular formula is C14H25N3. The highest BCUT2D eigenvalue weighted by Gasteiger charge is 2.01. The number of aromatic nitrogens is 1. The van der Waals surface area contributed by atoms with E-state index in [0.29, 0.717) is 6.04 Å². The van der Waals surface area contributed by atoms with E-state index in [0.717, 1.165) is 19.6 Å². The molecule has 0 spiro atoms. The van der Waals surface area contributed by atoms with Crippen molar-refractivity contribution in [2.24, 2.45) is 0 Å². The summed E-state index contributed by atoms with van der Waals surface area (Å²) in [5, 5.41) is 3.46. The molecule has 0 fully saturated rings. The number of pyridine rings is 1. The Labute approximate surface area is 105 Å². The topological polar surface area (TPSA) is 28.2 Å². The lowest BCUT2D eigenvalue weighted by Gasteiger charge is -2.20. The maximum absolute atomic E-state index is 4.19. The predicted octanol–water partition coefficient (Wildman–Crippen LogP) is 2.21. The molecule has 1 aromatic rings. The highest BCUT2D eigenvalue weighted by atomic mass is 15.1. The second-order valence-corrected chi connectivity index (χ2v) is 4.98. The smallest absolute Gasteiger partial charge is 0.0313 e. The summed E-state index contributed by atoms with van der Waals surface area (Å²) in [4.78, 5) is 6.56. The molecule has 0 amide bonds. The van der Waals surface area contributed by atoms with Crippen LogP contribution in [0.5, 0.6) is 0 Å². The third-order valence-corrected chi connectivity index (χ3v) is 3.01. The summed E-state index contributed by atoms with van der Waals surface area (Å²) in [5.41, 5.74) is 2.49. The molecule has 1 rings (SSSR count). The second kappa shape index (κ2) is 7.41. The number of hydrogen-bond acceptors (Lipinski definition) is 3. The first-order valence-corrected chi connectivity index (χ1v) is 6.41. The molecule has 0 aliphatic heterocycles. The van der Waals surface area contributed by atoms with Gasteiger partial charge in [-0.25, -0.2) is 0 Å². The average Bonchev–Trinajstić information content (AvgIpc) is 2.28. The van der Waals surface area contributed by atoms with Gasteiger partial charge in [0.05, 0.1) is 0 Å². The standard InChI is InChI=1S/C14H25N3/c1-12(2)17(4)7-5-6-15-10-14-8-13(3)9-16-11-14/h8-9,11-12,15H,5-7,10H2,1-4H3. The van der Waals surface area contributed by atoms with Crippen molar-refractivity contribution in [3.05, 3.63) is 29.6 Å². The van der Waals surface area contributed by atoms with E-state index in [-0.39, 0.29) is 0 Å². The first-order chi connectivity index (χ1) is 8.09. The zero-order chi connectivity index (χ0) is 12.7. The Morgan fingerprint density at radius 3 is 2.76 bits per heavy atom. The summed E-state index contributed by atoms with van der Waals surface area (Å²) in [7, 11) is 2.18. The van der Waals surface area contributed by atoms with Crippen LogP contribution in [-0.4, -0.2) is 36.1 Å². The minimum absolute atomic E-state index is 0.635. The van der Waals surface area contributed by atoms with Gasteiger partial charge in [-0.2, -0.15) is 0 Å². The molecule has 0 aromatic carbocycles. The monoisotopic (exact) mass is 235 g/mol. The van der Waals surface area contributed by atoms with Crippen LogP contribution in [0, 0.1) is 6.92 Å². The minimum Gasteiger partial charge on any atom is -0.313 e.